The van der Waals surface area contributed by atoms with E-state index in [0.29, 0.717) is 5.92 Å². The zero-order valence-electron chi connectivity index (χ0n) is 13.8. The number of carbonyl (C=O) groups excluding carboxylic acids is 1. The highest BCUT2D eigenvalue weighted by Gasteiger charge is 2.10. The van der Waals surface area contributed by atoms with E-state index in [9.17, 15) is 4.79 Å². The Morgan fingerprint density at radius 3 is 2.64 bits per heavy atom. The maximum absolute atomic E-state index is 11.8. The lowest BCUT2D eigenvalue weighted by molar-refractivity contribution is 0.241. The fraction of sp³-hybridized carbons (Fsp3) is 0.412. The van der Waals surface area contributed by atoms with Gasteiger partial charge in [0.15, 0.2) is 0 Å². The van der Waals surface area contributed by atoms with Gasteiger partial charge in [0.2, 0.25) is 0 Å². The second-order valence-corrected chi connectivity index (χ2v) is 7.08. The van der Waals surface area contributed by atoms with Crippen LogP contribution in [0.1, 0.15) is 19.4 Å². The first-order chi connectivity index (χ1) is 10.4. The first-order valence-electron chi connectivity index (χ1n) is 7.39. The molecule has 4 nitrogen and oxygen atoms in total. The van der Waals surface area contributed by atoms with E-state index in [4.69, 9.17) is 0 Å². The largest absolute Gasteiger partial charge is 0.339 e. The van der Waals surface area contributed by atoms with E-state index in [0.717, 1.165) is 28.1 Å². The predicted molar refractivity (Wildman–Crippen MR) is 92.2 cm³/mol. The summed E-state index contributed by atoms with van der Waals surface area (Å²) in [6.45, 7) is 7.32. The standard InChI is InChI=1S/C17H23N3OS/c1-12(2)10-20-11-15(9-18-20)14-6-7-16(13(3)8-14)22-17(21)19(4)5/h6-9,11-12H,10H2,1-5H3. The number of carbonyl (C=O) groups is 1. The van der Waals surface area contributed by atoms with Crippen LogP contribution in [0.15, 0.2) is 35.5 Å². The number of benzene rings is 1. The second kappa shape index (κ2) is 7.01. The third kappa shape index (κ3) is 4.13. The highest BCUT2D eigenvalue weighted by Crippen LogP contribution is 2.29. The van der Waals surface area contributed by atoms with Gasteiger partial charge in [-0.15, -0.1) is 0 Å². The van der Waals surface area contributed by atoms with Gasteiger partial charge in [0.05, 0.1) is 6.20 Å². The van der Waals surface area contributed by atoms with Crippen molar-refractivity contribution in [3.8, 4) is 11.1 Å². The molecule has 0 unspecified atom stereocenters. The molecule has 0 spiro atoms. The lowest BCUT2D eigenvalue weighted by Crippen LogP contribution is -2.16. The van der Waals surface area contributed by atoms with Crippen LogP contribution in [0, 0.1) is 12.8 Å². The molecule has 5 heteroatoms. The molecule has 0 aliphatic carbocycles. The van der Waals surface area contributed by atoms with Crippen LogP contribution in [0.3, 0.4) is 0 Å². The first kappa shape index (κ1) is 16.6. The number of amides is 1. The maximum Gasteiger partial charge on any atom is 0.285 e. The average Bonchev–Trinajstić information content (AvgIpc) is 2.88. The summed E-state index contributed by atoms with van der Waals surface area (Å²) in [5, 5.41) is 4.45. The van der Waals surface area contributed by atoms with Crippen molar-refractivity contribution < 1.29 is 4.79 Å². The van der Waals surface area contributed by atoms with Gasteiger partial charge in [-0.2, -0.15) is 5.10 Å². The number of rotatable bonds is 4. The molecular formula is C17H23N3OS. The Hall–Kier alpha value is -1.75. The van der Waals surface area contributed by atoms with Gasteiger partial charge in [0.1, 0.15) is 0 Å². The summed E-state index contributed by atoms with van der Waals surface area (Å²) < 4.78 is 1.98. The monoisotopic (exact) mass is 317 g/mol. The van der Waals surface area contributed by atoms with E-state index in [1.165, 1.54) is 11.8 Å². The van der Waals surface area contributed by atoms with E-state index < -0.39 is 0 Å². The molecule has 1 aromatic carbocycles. The molecule has 2 rings (SSSR count). The van der Waals surface area contributed by atoms with E-state index in [-0.39, 0.29) is 5.24 Å². The zero-order chi connectivity index (χ0) is 16.3. The van der Waals surface area contributed by atoms with E-state index >= 15 is 0 Å². The number of hydrogen-bond acceptors (Lipinski definition) is 3. The molecule has 0 N–H and O–H groups in total. The molecule has 0 bridgehead atoms. The predicted octanol–water partition coefficient (Wildman–Crippen LogP) is 4.29. The number of aromatic nitrogens is 2. The van der Waals surface area contributed by atoms with Crippen molar-refractivity contribution in [1.29, 1.82) is 0 Å². The van der Waals surface area contributed by atoms with Crippen molar-refractivity contribution in [1.82, 2.24) is 14.7 Å². The van der Waals surface area contributed by atoms with Crippen LogP contribution in [-0.2, 0) is 6.54 Å². The molecule has 0 radical (unpaired) electrons. The summed E-state index contributed by atoms with van der Waals surface area (Å²) in [5.74, 6) is 0.574. The fourth-order valence-electron chi connectivity index (χ4n) is 2.12. The average molecular weight is 317 g/mol. The lowest BCUT2D eigenvalue weighted by Gasteiger charge is -2.11. The van der Waals surface area contributed by atoms with Gasteiger partial charge < -0.3 is 4.90 Å². The van der Waals surface area contributed by atoms with Crippen molar-refractivity contribution in [3.05, 3.63) is 36.2 Å². The van der Waals surface area contributed by atoms with Crippen LogP contribution >= 0.6 is 11.8 Å². The number of hydrogen-bond donors (Lipinski definition) is 0. The third-order valence-corrected chi connectivity index (χ3v) is 4.47. The van der Waals surface area contributed by atoms with Crippen molar-refractivity contribution in [2.75, 3.05) is 14.1 Å². The minimum Gasteiger partial charge on any atom is -0.339 e. The van der Waals surface area contributed by atoms with E-state index in [1.807, 2.05) is 23.9 Å². The number of aryl methyl sites for hydroxylation is 1. The molecule has 1 heterocycles. The Morgan fingerprint density at radius 2 is 2.05 bits per heavy atom. The first-order valence-corrected chi connectivity index (χ1v) is 8.21. The molecule has 22 heavy (non-hydrogen) atoms. The van der Waals surface area contributed by atoms with Crippen molar-refractivity contribution in [2.45, 2.75) is 32.2 Å². The van der Waals surface area contributed by atoms with Crippen LogP contribution < -0.4 is 0 Å². The Bertz CT molecular complexity index is 662. The molecule has 0 saturated heterocycles. The molecule has 0 atom stereocenters. The van der Waals surface area contributed by atoms with Gasteiger partial charge in [-0.1, -0.05) is 26.0 Å². The molecule has 2 aromatic rings. The van der Waals surface area contributed by atoms with Gasteiger partial charge in [0.25, 0.3) is 5.24 Å². The van der Waals surface area contributed by atoms with Gasteiger partial charge >= 0.3 is 0 Å². The summed E-state index contributed by atoms with van der Waals surface area (Å²) >= 11 is 1.26. The summed E-state index contributed by atoms with van der Waals surface area (Å²) in [6, 6.07) is 6.17. The van der Waals surface area contributed by atoms with Crippen LogP contribution in [0.25, 0.3) is 11.1 Å². The Balaban J connectivity index is 2.18. The van der Waals surface area contributed by atoms with Crippen LogP contribution in [0.5, 0.6) is 0 Å². The lowest BCUT2D eigenvalue weighted by atomic mass is 10.1. The van der Waals surface area contributed by atoms with Crippen molar-refractivity contribution in [2.24, 2.45) is 5.92 Å². The zero-order valence-corrected chi connectivity index (χ0v) is 14.6. The highest BCUT2D eigenvalue weighted by atomic mass is 32.2. The molecule has 1 amide bonds. The minimum atomic E-state index is 0.0422. The second-order valence-electron chi connectivity index (χ2n) is 6.09. The third-order valence-electron chi connectivity index (χ3n) is 3.26. The van der Waals surface area contributed by atoms with Crippen molar-refractivity contribution >= 4 is 17.0 Å². The molecule has 0 aliphatic heterocycles. The van der Waals surface area contributed by atoms with Gasteiger partial charge in [0, 0.05) is 37.3 Å². The van der Waals surface area contributed by atoms with Crippen molar-refractivity contribution in [3.63, 3.8) is 0 Å². The Labute approximate surface area is 136 Å². The summed E-state index contributed by atoms with van der Waals surface area (Å²) in [5.41, 5.74) is 3.35. The fourth-order valence-corrected chi connectivity index (χ4v) is 2.84. The van der Waals surface area contributed by atoms with E-state index in [1.54, 1.807) is 19.0 Å². The SMILES string of the molecule is Cc1cc(-c2cnn(CC(C)C)c2)ccc1SC(=O)N(C)C. The van der Waals surface area contributed by atoms with E-state index in [2.05, 4.69) is 37.3 Å². The number of thioether (sulfide) groups is 1. The van der Waals surface area contributed by atoms with Gasteiger partial charge in [-0.3, -0.25) is 9.48 Å². The summed E-state index contributed by atoms with van der Waals surface area (Å²) in [7, 11) is 3.53. The molecular weight excluding hydrogens is 294 g/mol. The van der Waals surface area contributed by atoms with Gasteiger partial charge in [-0.05, 0) is 41.8 Å². The maximum atomic E-state index is 11.8. The van der Waals surface area contributed by atoms with Crippen LogP contribution in [0.2, 0.25) is 0 Å². The van der Waals surface area contributed by atoms with Gasteiger partial charge in [-0.25, -0.2) is 0 Å². The highest BCUT2D eigenvalue weighted by molar-refractivity contribution is 8.13. The topological polar surface area (TPSA) is 38.1 Å². The normalized spacial score (nSPS) is 11.0. The number of nitrogens with zero attached hydrogens (tertiary/aromatic N) is 3. The molecule has 0 saturated carbocycles. The Kier molecular flexibility index (Phi) is 5.29. The summed E-state index contributed by atoms with van der Waals surface area (Å²) in [4.78, 5) is 14.4. The molecule has 0 aliphatic rings. The minimum absolute atomic E-state index is 0.0422. The van der Waals surface area contributed by atoms with Crippen LogP contribution in [-0.4, -0.2) is 34.0 Å². The quantitative estimate of drug-likeness (QED) is 0.790. The Morgan fingerprint density at radius 1 is 1.32 bits per heavy atom. The molecule has 0 fully saturated rings. The summed E-state index contributed by atoms with van der Waals surface area (Å²) in [6.07, 6.45) is 3.97. The van der Waals surface area contributed by atoms with Crippen LogP contribution in [0.4, 0.5) is 4.79 Å². The molecule has 118 valence electrons. The smallest absolute Gasteiger partial charge is 0.285 e. The molecule has 1 aromatic heterocycles.